The highest BCUT2D eigenvalue weighted by molar-refractivity contribution is 7.80. The third-order valence-corrected chi connectivity index (χ3v) is 18.2. The second-order valence-electron chi connectivity index (χ2n) is 30.1. The Hall–Kier alpha value is -7.83. The first kappa shape index (κ1) is 94.2. The molecule has 0 fully saturated rings. The highest BCUT2D eigenvalue weighted by atomic mass is 32.1. The van der Waals surface area contributed by atoms with Gasteiger partial charge in [-0.3, -0.25) is 52.7 Å². The van der Waals surface area contributed by atoms with E-state index in [0.717, 1.165) is 16.9 Å². The Bertz CT molecular complexity index is 3040. The molecule has 29 nitrogen and oxygen atoms in total. The Kier molecular flexibility index (Phi) is 40.6. The lowest BCUT2D eigenvalue weighted by Gasteiger charge is -2.40. The Morgan fingerprint density at radius 1 is 0.462 bits per heavy atom. The number of allylic oxidation sites excluding steroid dienone is 2. The number of aliphatic hydroxyl groups excluding tert-OH is 3. The quantitative estimate of drug-likeness (QED) is 0.0255. The van der Waals surface area contributed by atoms with Crippen LogP contribution in [0.5, 0.6) is 0 Å². The smallest absolute Gasteiger partial charge is 0.331 e. The van der Waals surface area contributed by atoms with Crippen molar-refractivity contribution in [3.63, 3.8) is 0 Å². The van der Waals surface area contributed by atoms with E-state index in [9.17, 15) is 72.9 Å². The van der Waals surface area contributed by atoms with Crippen LogP contribution in [0, 0.1) is 41.4 Å². The fraction of sp³-hybridized carbons (Fsp3) is 0.716. The molecule has 0 radical (unpaired) electrons. The Labute approximate surface area is 623 Å². The van der Waals surface area contributed by atoms with Crippen molar-refractivity contribution in [3.8, 4) is 0 Å². The summed E-state index contributed by atoms with van der Waals surface area (Å²) < 4.78 is 4.79. The number of carbonyl (C=O) groups is 12. The summed E-state index contributed by atoms with van der Waals surface area (Å²) in [5.41, 5.74) is 0.642. The number of rotatable bonds is 42. The van der Waals surface area contributed by atoms with E-state index in [-0.39, 0.29) is 66.8 Å². The van der Waals surface area contributed by atoms with Crippen LogP contribution < -0.4 is 37.2 Å². The Morgan fingerprint density at radius 3 is 1.30 bits per heavy atom. The minimum absolute atomic E-state index is 0.0599. The van der Waals surface area contributed by atoms with Gasteiger partial charge < -0.3 is 86.7 Å². The van der Waals surface area contributed by atoms with Crippen molar-refractivity contribution in [1.82, 2.24) is 61.3 Å². The van der Waals surface area contributed by atoms with Gasteiger partial charge in [-0.15, -0.1) is 0 Å². The molecule has 11 amide bonds. The molecule has 0 unspecified atom stereocenters. The molecule has 0 aliphatic heterocycles. The zero-order valence-electron chi connectivity index (χ0n) is 66.4. The number of amides is 11. The number of benzene rings is 1. The standard InChI is InChI=1S/C74H127N13O16S/c1-26-27-31-46(14)62(91)61(67(96)80-59(50(18)89)73(102)103-25)87(24)72(101)60(45(12)13)86(23)70(99)53(35-41(4)5)79-66(95)56(38-44(10)11)84(21)68(97)48(16)76-63(92)47(15)75-64(93)55(37-43(8)9)85(22)69(98)52(34-40(2)3)78-65(94)54(36-42(6)7)83(20)57(90)39-82(19)71(100)58(49(17)88)81-74(104)77-51-32-29-28-30-33-51/h26-30,32-33,40-50,52-56,58-62,88-89,91H,31,34-39H2,1-25H3,(H,75,93)(H,76,92)(H,78,94)(H,79,95)(H,80,96)(H2,77,81,104)/b27-26+/t46-,47+,48-,49-,50-,52+,53+,54+,55+,56+,58+,59+,60+,61+,62-/m1/s1. The number of likely N-dealkylation sites (N-methyl/N-ethyl adjacent to an activating group) is 6. The molecule has 104 heavy (non-hydrogen) atoms. The molecular formula is C74H127N13O16S. The maximum absolute atomic E-state index is 14.9. The van der Waals surface area contributed by atoms with E-state index in [1.54, 1.807) is 64.1 Å². The summed E-state index contributed by atoms with van der Waals surface area (Å²) >= 11 is 5.41. The summed E-state index contributed by atoms with van der Waals surface area (Å²) in [5.74, 6) is -11.0. The molecule has 0 saturated carbocycles. The predicted octanol–water partition coefficient (Wildman–Crippen LogP) is 3.18. The topological polar surface area (TPSA) is 378 Å². The molecule has 15 atom stereocenters. The first-order valence-corrected chi connectivity index (χ1v) is 36.5. The SMILES string of the molecule is C/C=C/C[C@@H](C)[C@@H](O)[C@@H](C(=O)N[C@H](C(=O)OC)[C@@H](C)O)N(C)C(=O)[C@H](C(C)C)N(C)C(=O)[C@H](CC(C)C)NC(=O)[C@H](CC(C)C)N(C)C(=O)[C@@H](C)NC(=O)[C@H](C)NC(=O)[C@H](CC(C)C)N(C)C(=O)[C@H](CC(C)C)NC(=O)[C@H](CC(C)C)N(C)C(=O)CN(C)C(=O)[C@@H](NC(=S)Nc1ccccc1)[C@@H](C)O. The highest BCUT2D eigenvalue weighted by Gasteiger charge is 2.45. The van der Waals surface area contributed by atoms with E-state index >= 15 is 0 Å². The van der Waals surface area contributed by atoms with Gasteiger partial charge >= 0.3 is 5.97 Å². The Morgan fingerprint density at radius 2 is 0.875 bits per heavy atom. The van der Waals surface area contributed by atoms with Crippen LogP contribution in [0.2, 0.25) is 0 Å². The van der Waals surface area contributed by atoms with E-state index in [0.29, 0.717) is 12.1 Å². The molecule has 30 heteroatoms. The monoisotopic (exact) mass is 1490 g/mol. The third kappa shape index (κ3) is 29.6. The molecule has 590 valence electrons. The molecule has 1 aromatic rings. The molecule has 0 spiro atoms. The maximum atomic E-state index is 14.9. The van der Waals surface area contributed by atoms with Crippen molar-refractivity contribution in [2.75, 3.05) is 61.3 Å². The molecule has 0 aliphatic rings. The van der Waals surface area contributed by atoms with Crippen LogP contribution in [0.3, 0.4) is 0 Å². The molecule has 0 aliphatic carbocycles. The van der Waals surface area contributed by atoms with Gasteiger partial charge in [0.25, 0.3) is 0 Å². The number of para-hydroxylation sites is 1. The molecule has 0 bridgehead atoms. The Balaban J connectivity index is 3.51. The van der Waals surface area contributed by atoms with Crippen LogP contribution in [0.1, 0.15) is 163 Å². The number of ether oxygens (including phenoxy) is 1. The van der Waals surface area contributed by atoms with Gasteiger partial charge in [0.05, 0.1) is 32.0 Å². The normalized spacial score (nSPS) is 16.0. The molecule has 10 N–H and O–H groups in total. The molecular weight excluding hydrogens is 1360 g/mol. The van der Waals surface area contributed by atoms with Crippen molar-refractivity contribution in [2.45, 2.75) is 248 Å². The molecule has 0 saturated heterocycles. The van der Waals surface area contributed by atoms with Gasteiger partial charge in [0, 0.05) is 48.0 Å². The number of nitrogens with zero attached hydrogens (tertiary/aromatic N) is 6. The van der Waals surface area contributed by atoms with Crippen LogP contribution in [0.25, 0.3) is 0 Å². The molecule has 1 rings (SSSR count). The minimum atomic E-state index is -1.64. The number of hydrogen-bond acceptors (Lipinski definition) is 17. The highest BCUT2D eigenvalue weighted by Crippen LogP contribution is 2.24. The number of hydrogen-bond donors (Lipinski definition) is 10. The number of carbonyl (C=O) groups excluding carboxylic acids is 12. The van der Waals surface area contributed by atoms with Gasteiger partial charge in [0.2, 0.25) is 65.0 Å². The summed E-state index contributed by atoms with van der Waals surface area (Å²) in [6.07, 6.45) is 0.224. The number of methoxy groups -OCH3 is 1. The number of aliphatic hydroxyl groups is 3. The average Bonchev–Trinajstić information content (AvgIpc) is 0.810. The number of esters is 1. The second kappa shape index (κ2) is 44.9. The zero-order chi connectivity index (χ0) is 80.2. The number of thiocarbonyl (C=S) groups is 1. The van der Waals surface area contributed by atoms with Crippen LogP contribution in [0.4, 0.5) is 5.69 Å². The lowest BCUT2D eigenvalue weighted by Crippen LogP contribution is -2.63. The minimum Gasteiger partial charge on any atom is -0.467 e. The van der Waals surface area contributed by atoms with Gasteiger partial charge in [-0.05, 0) is 139 Å². The first-order valence-electron chi connectivity index (χ1n) is 36.1. The molecule has 0 heterocycles. The van der Waals surface area contributed by atoms with Crippen LogP contribution >= 0.6 is 12.2 Å². The van der Waals surface area contributed by atoms with E-state index < -0.39 is 174 Å². The number of nitrogens with one attached hydrogen (secondary N) is 7. The van der Waals surface area contributed by atoms with E-state index in [1.165, 1.54) is 89.6 Å². The third-order valence-electron chi connectivity index (χ3n) is 18.0. The second-order valence-corrected chi connectivity index (χ2v) is 30.5. The van der Waals surface area contributed by atoms with Gasteiger partial charge in [-0.1, -0.05) is 120 Å². The predicted molar refractivity (Wildman–Crippen MR) is 403 cm³/mol. The van der Waals surface area contributed by atoms with Gasteiger partial charge in [0.1, 0.15) is 60.4 Å². The van der Waals surface area contributed by atoms with Crippen LogP contribution in [-0.2, 0) is 62.3 Å². The maximum Gasteiger partial charge on any atom is 0.331 e. The van der Waals surface area contributed by atoms with Gasteiger partial charge in [0.15, 0.2) is 11.2 Å². The fourth-order valence-electron chi connectivity index (χ4n) is 12.0. The van der Waals surface area contributed by atoms with E-state index in [4.69, 9.17) is 17.0 Å². The summed E-state index contributed by atoms with van der Waals surface area (Å²) in [7, 11) is 9.35. The largest absolute Gasteiger partial charge is 0.467 e. The average molecular weight is 1490 g/mol. The van der Waals surface area contributed by atoms with Gasteiger partial charge in [-0.25, -0.2) is 4.79 Å². The van der Waals surface area contributed by atoms with Crippen molar-refractivity contribution >= 4 is 94.0 Å². The van der Waals surface area contributed by atoms with E-state index in [2.05, 4.69) is 37.2 Å². The fourth-order valence-corrected chi connectivity index (χ4v) is 12.2. The zero-order valence-corrected chi connectivity index (χ0v) is 67.2. The van der Waals surface area contributed by atoms with E-state index in [1.807, 2.05) is 75.3 Å². The summed E-state index contributed by atoms with van der Waals surface area (Å²) in [4.78, 5) is 178. The summed E-state index contributed by atoms with van der Waals surface area (Å²) in [6.45, 7) is 30.2. The lowest BCUT2D eigenvalue weighted by molar-refractivity contribution is -0.156. The van der Waals surface area contributed by atoms with Crippen molar-refractivity contribution < 1.29 is 77.6 Å². The molecule has 0 aromatic heterocycles. The summed E-state index contributed by atoms with van der Waals surface area (Å²) in [5, 5.41) is 52.2. The first-order chi connectivity index (χ1) is 48.2. The van der Waals surface area contributed by atoms with Crippen molar-refractivity contribution in [1.29, 1.82) is 0 Å². The number of anilines is 1. The van der Waals surface area contributed by atoms with Crippen molar-refractivity contribution in [2.24, 2.45) is 41.4 Å². The van der Waals surface area contributed by atoms with Crippen molar-refractivity contribution in [3.05, 3.63) is 42.5 Å². The van der Waals surface area contributed by atoms with Crippen LogP contribution in [-0.4, -0.2) is 261 Å². The van der Waals surface area contributed by atoms with Gasteiger partial charge in [-0.2, -0.15) is 0 Å². The molecule has 1 aromatic carbocycles. The summed E-state index contributed by atoms with van der Waals surface area (Å²) in [6, 6.07) is -5.36. The van der Waals surface area contributed by atoms with Crippen LogP contribution in [0.15, 0.2) is 42.5 Å². The lowest BCUT2D eigenvalue weighted by atomic mass is 9.91.